The van der Waals surface area contributed by atoms with Crippen molar-refractivity contribution in [3.05, 3.63) is 35.4 Å². The molecule has 164 valence electrons. The Morgan fingerprint density at radius 1 is 1.13 bits per heavy atom. The number of hydrogen-bond donors (Lipinski definition) is 1. The number of carbonyl (C=O) groups excluding carboxylic acids is 2. The maximum atomic E-state index is 12.9. The minimum Gasteiger partial charge on any atom is -0.454 e. The first kappa shape index (κ1) is 19.8. The van der Waals surface area contributed by atoms with Crippen molar-refractivity contribution in [1.82, 2.24) is 25.0 Å². The summed E-state index contributed by atoms with van der Waals surface area (Å²) in [5.74, 6) is 2.92. The van der Waals surface area contributed by atoms with Gasteiger partial charge in [0, 0.05) is 32.7 Å². The third-order valence-corrected chi connectivity index (χ3v) is 5.97. The van der Waals surface area contributed by atoms with E-state index in [2.05, 4.69) is 15.5 Å². The lowest BCUT2D eigenvalue weighted by Crippen LogP contribution is -2.35. The largest absolute Gasteiger partial charge is 0.454 e. The molecule has 10 heteroatoms. The number of nitrogens with one attached hydrogen (secondary N) is 1. The molecule has 4 heterocycles. The van der Waals surface area contributed by atoms with Crippen molar-refractivity contribution in [3.63, 3.8) is 0 Å². The summed E-state index contributed by atoms with van der Waals surface area (Å²) < 4.78 is 18.0. The Kier molecular flexibility index (Phi) is 5.46. The molecule has 3 aliphatic heterocycles. The molecule has 31 heavy (non-hydrogen) atoms. The first-order chi connectivity index (χ1) is 15.2. The zero-order valence-electron chi connectivity index (χ0n) is 17.2. The monoisotopic (exact) mass is 427 g/mol. The number of aromatic nitrogens is 3. The number of rotatable bonds is 5. The Balaban J connectivity index is 1.18. The van der Waals surface area contributed by atoms with Crippen LogP contribution in [0.15, 0.2) is 18.2 Å². The summed E-state index contributed by atoms with van der Waals surface area (Å²) in [6, 6.07) is 5.60. The Morgan fingerprint density at radius 2 is 2.03 bits per heavy atom. The maximum absolute atomic E-state index is 12.9. The van der Waals surface area contributed by atoms with Crippen molar-refractivity contribution in [1.29, 1.82) is 0 Å². The molecule has 10 nitrogen and oxygen atoms in total. The molecule has 0 radical (unpaired) electrons. The van der Waals surface area contributed by atoms with Crippen LogP contribution >= 0.6 is 0 Å². The molecular weight excluding hydrogens is 402 g/mol. The van der Waals surface area contributed by atoms with Crippen LogP contribution in [0.5, 0.6) is 11.5 Å². The highest BCUT2D eigenvalue weighted by molar-refractivity contribution is 5.79. The van der Waals surface area contributed by atoms with Crippen LogP contribution in [0, 0.1) is 5.92 Å². The van der Waals surface area contributed by atoms with Crippen LogP contribution in [0.4, 0.5) is 0 Å². The lowest BCUT2D eigenvalue weighted by Gasteiger charge is -2.20. The highest BCUT2D eigenvalue weighted by Crippen LogP contribution is 2.32. The van der Waals surface area contributed by atoms with Gasteiger partial charge in [0.15, 0.2) is 17.3 Å². The molecule has 5 rings (SSSR count). The molecule has 2 aromatic rings. The van der Waals surface area contributed by atoms with Gasteiger partial charge in [-0.25, -0.2) is 0 Å². The van der Waals surface area contributed by atoms with Gasteiger partial charge in [0.2, 0.25) is 18.6 Å². The van der Waals surface area contributed by atoms with E-state index in [1.807, 2.05) is 27.7 Å². The number of ether oxygens (including phenoxy) is 3. The average Bonchev–Trinajstić information content (AvgIpc) is 3.51. The molecule has 1 aromatic heterocycles. The number of hydrogen-bond acceptors (Lipinski definition) is 7. The van der Waals surface area contributed by atoms with Crippen LogP contribution in [0.3, 0.4) is 0 Å². The molecule has 0 spiro atoms. The van der Waals surface area contributed by atoms with Gasteiger partial charge in [0.1, 0.15) is 5.82 Å². The van der Waals surface area contributed by atoms with Crippen LogP contribution in [0.1, 0.15) is 23.6 Å². The van der Waals surface area contributed by atoms with Crippen LogP contribution in [-0.2, 0) is 40.3 Å². The van der Waals surface area contributed by atoms with Crippen LogP contribution in [0.2, 0.25) is 0 Å². The maximum Gasteiger partial charge on any atom is 0.231 e. The van der Waals surface area contributed by atoms with Gasteiger partial charge >= 0.3 is 0 Å². The minimum atomic E-state index is -0.0872. The normalized spacial score (nSPS) is 19.7. The molecular formula is C21H25N5O5. The van der Waals surface area contributed by atoms with Crippen LogP contribution < -0.4 is 14.8 Å². The Labute approximate surface area is 179 Å². The van der Waals surface area contributed by atoms with E-state index in [-0.39, 0.29) is 24.5 Å². The van der Waals surface area contributed by atoms with Gasteiger partial charge in [-0.1, -0.05) is 6.07 Å². The first-order valence-corrected chi connectivity index (χ1v) is 10.6. The minimum absolute atomic E-state index is 0.0102. The summed E-state index contributed by atoms with van der Waals surface area (Å²) in [7, 11) is 0. The number of benzene rings is 1. The molecule has 1 aromatic carbocycles. The fourth-order valence-electron chi connectivity index (χ4n) is 4.15. The van der Waals surface area contributed by atoms with E-state index in [0.29, 0.717) is 69.6 Å². The van der Waals surface area contributed by atoms with Gasteiger partial charge in [-0.05, 0) is 24.1 Å². The molecule has 1 saturated heterocycles. The number of amides is 2. The zero-order valence-corrected chi connectivity index (χ0v) is 17.2. The second-order valence-electron chi connectivity index (χ2n) is 7.96. The molecule has 2 amide bonds. The second-order valence-corrected chi connectivity index (χ2v) is 7.96. The van der Waals surface area contributed by atoms with Gasteiger partial charge in [-0.3, -0.25) is 9.59 Å². The molecule has 1 atom stereocenters. The summed E-state index contributed by atoms with van der Waals surface area (Å²) in [6.07, 6.45) is 1.69. The molecule has 3 aliphatic rings. The van der Waals surface area contributed by atoms with E-state index in [9.17, 15) is 9.59 Å². The summed E-state index contributed by atoms with van der Waals surface area (Å²) >= 11 is 0. The van der Waals surface area contributed by atoms with Gasteiger partial charge in [-0.15, -0.1) is 10.2 Å². The van der Waals surface area contributed by atoms with Gasteiger partial charge in [0.25, 0.3) is 0 Å². The quantitative estimate of drug-likeness (QED) is 0.731. The molecule has 1 fully saturated rings. The van der Waals surface area contributed by atoms with Crippen molar-refractivity contribution in [2.24, 2.45) is 5.92 Å². The first-order valence-electron chi connectivity index (χ1n) is 10.6. The molecule has 1 unspecified atom stereocenters. The number of carbonyl (C=O) groups is 2. The van der Waals surface area contributed by atoms with Crippen molar-refractivity contribution < 1.29 is 23.8 Å². The summed E-state index contributed by atoms with van der Waals surface area (Å²) in [5, 5.41) is 11.5. The molecule has 0 saturated carbocycles. The third-order valence-electron chi connectivity index (χ3n) is 5.97. The lowest BCUT2D eigenvalue weighted by atomic mass is 10.1. The smallest absolute Gasteiger partial charge is 0.231 e. The van der Waals surface area contributed by atoms with Gasteiger partial charge in [-0.2, -0.15) is 0 Å². The van der Waals surface area contributed by atoms with Gasteiger partial charge < -0.3 is 29.0 Å². The molecule has 1 N–H and O–H groups in total. The fraction of sp³-hybridized carbons (Fsp3) is 0.524. The third kappa shape index (κ3) is 4.20. The summed E-state index contributed by atoms with van der Waals surface area (Å²) in [6.45, 7) is 3.42. The second kappa shape index (κ2) is 8.54. The van der Waals surface area contributed by atoms with Crippen LogP contribution in [0.25, 0.3) is 0 Å². The summed E-state index contributed by atoms with van der Waals surface area (Å²) in [4.78, 5) is 27.0. The molecule has 0 bridgehead atoms. The SMILES string of the molecule is O=C(NCc1nnc2n1CCN(C(=O)Cc1ccc3c(c1)OCO3)CC2)C1CCOC1. The van der Waals surface area contributed by atoms with Crippen molar-refractivity contribution >= 4 is 11.8 Å². The highest BCUT2D eigenvalue weighted by atomic mass is 16.7. The predicted molar refractivity (Wildman–Crippen MR) is 107 cm³/mol. The van der Waals surface area contributed by atoms with E-state index < -0.39 is 0 Å². The van der Waals surface area contributed by atoms with Crippen molar-refractivity contribution in [3.8, 4) is 11.5 Å². The molecule has 0 aliphatic carbocycles. The van der Waals surface area contributed by atoms with Crippen molar-refractivity contribution in [2.45, 2.75) is 32.4 Å². The average molecular weight is 427 g/mol. The van der Waals surface area contributed by atoms with E-state index in [0.717, 1.165) is 17.8 Å². The fourth-order valence-corrected chi connectivity index (χ4v) is 4.15. The van der Waals surface area contributed by atoms with E-state index in [4.69, 9.17) is 14.2 Å². The topological polar surface area (TPSA) is 108 Å². The Hall–Kier alpha value is -3.14. The zero-order chi connectivity index (χ0) is 21.2. The summed E-state index contributed by atoms with van der Waals surface area (Å²) in [5.41, 5.74) is 0.900. The van der Waals surface area contributed by atoms with E-state index in [1.165, 1.54) is 0 Å². The highest BCUT2D eigenvalue weighted by Gasteiger charge is 2.25. The van der Waals surface area contributed by atoms with Crippen molar-refractivity contribution in [2.75, 3.05) is 33.1 Å². The number of nitrogens with zero attached hydrogens (tertiary/aromatic N) is 4. The van der Waals surface area contributed by atoms with Crippen LogP contribution in [-0.4, -0.2) is 64.6 Å². The Morgan fingerprint density at radius 3 is 2.90 bits per heavy atom. The van der Waals surface area contributed by atoms with Gasteiger partial charge in [0.05, 0.1) is 25.5 Å². The lowest BCUT2D eigenvalue weighted by molar-refractivity contribution is -0.130. The van der Waals surface area contributed by atoms with E-state index in [1.54, 1.807) is 0 Å². The van der Waals surface area contributed by atoms with E-state index >= 15 is 0 Å². The standard InChI is InChI=1S/C21H25N5O5/c27-20(10-14-1-2-16-17(9-14)31-13-30-16)25-5-3-18-23-24-19(26(18)7-6-25)11-22-21(28)15-4-8-29-12-15/h1-2,9,15H,3-8,10-13H2,(H,22,28). The predicted octanol–water partition coefficient (Wildman–Crippen LogP) is 0.287. The number of fused-ring (bicyclic) bond motifs is 2. The Bertz CT molecular complexity index is 985.